The molecule has 0 aromatic heterocycles. The average Bonchev–Trinajstić information content (AvgIpc) is 3.14. The molecule has 3 unspecified atom stereocenters. The number of amides is 2. The standard InChI is InChI=1S/C18H15N3O5/c1-10-4-2-3-5-13(10)20-15(11-6-8-12(9-7-11)21(24)25)14-16(26-20)18(23)19-17(14)22/h2-9,14-16H,1H3,(H,19,22,23). The number of benzene rings is 2. The Bertz CT molecular complexity index is 911. The topological polar surface area (TPSA) is 102 Å². The predicted molar refractivity (Wildman–Crippen MR) is 91.0 cm³/mol. The van der Waals surface area contributed by atoms with Gasteiger partial charge in [-0.25, -0.2) is 5.06 Å². The Hall–Kier alpha value is -3.26. The molecule has 2 heterocycles. The molecule has 2 amide bonds. The van der Waals surface area contributed by atoms with Gasteiger partial charge in [0.05, 0.1) is 16.7 Å². The average molecular weight is 353 g/mol. The van der Waals surface area contributed by atoms with Crippen molar-refractivity contribution in [1.29, 1.82) is 0 Å². The van der Waals surface area contributed by atoms with Crippen LogP contribution in [0.25, 0.3) is 0 Å². The van der Waals surface area contributed by atoms with Crippen molar-refractivity contribution in [3.63, 3.8) is 0 Å². The van der Waals surface area contributed by atoms with E-state index in [1.807, 2.05) is 31.2 Å². The first-order valence-electron chi connectivity index (χ1n) is 8.08. The van der Waals surface area contributed by atoms with E-state index in [4.69, 9.17) is 4.84 Å². The Morgan fingerprint density at radius 2 is 1.77 bits per heavy atom. The molecule has 0 bridgehead atoms. The van der Waals surface area contributed by atoms with Crippen LogP contribution in [-0.4, -0.2) is 22.8 Å². The van der Waals surface area contributed by atoms with Gasteiger partial charge in [-0.05, 0) is 24.1 Å². The number of carbonyl (C=O) groups is 2. The molecule has 8 heteroatoms. The van der Waals surface area contributed by atoms with Crippen LogP contribution in [0.5, 0.6) is 0 Å². The maximum Gasteiger partial charge on any atom is 0.269 e. The summed E-state index contributed by atoms with van der Waals surface area (Å²) < 4.78 is 0. The molecule has 26 heavy (non-hydrogen) atoms. The largest absolute Gasteiger partial charge is 0.294 e. The van der Waals surface area contributed by atoms with Gasteiger partial charge in [0, 0.05) is 12.1 Å². The fraction of sp³-hybridized carbons (Fsp3) is 0.222. The van der Waals surface area contributed by atoms with Crippen molar-refractivity contribution in [2.45, 2.75) is 19.1 Å². The van der Waals surface area contributed by atoms with Crippen LogP contribution in [0, 0.1) is 23.0 Å². The van der Waals surface area contributed by atoms with E-state index in [-0.39, 0.29) is 5.69 Å². The number of para-hydroxylation sites is 1. The highest BCUT2D eigenvalue weighted by molar-refractivity contribution is 6.07. The van der Waals surface area contributed by atoms with Gasteiger partial charge in [0.15, 0.2) is 6.10 Å². The third-order valence-corrected chi connectivity index (χ3v) is 4.75. The summed E-state index contributed by atoms with van der Waals surface area (Å²) in [6.45, 7) is 1.90. The van der Waals surface area contributed by atoms with Gasteiger partial charge in [-0.15, -0.1) is 0 Å². The van der Waals surface area contributed by atoms with Gasteiger partial charge in [0.1, 0.15) is 5.92 Å². The summed E-state index contributed by atoms with van der Waals surface area (Å²) in [6.07, 6.45) is -0.915. The number of nitrogens with one attached hydrogen (secondary N) is 1. The Kier molecular flexibility index (Phi) is 3.69. The molecule has 3 atom stereocenters. The molecule has 0 spiro atoms. The second-order valence-electron chi connectivity index (χ2n) is 6.31. The zero-order valence-electron chi connectivity index (χ0n) is 13.8. The molecular weight excluding hydrogens is 338 g/mol. The number of nitrogens with zero attached hydrogens (tertiary/aromatic N) is 2. The first-order valence-corrected chi connectivity index (χ1v) is 8.08. The molecule has 2 aliphatic heterocycles. The van der Waals surface area contributed by atoms with Crippen molar-refractivity contribution < 1.29 is 19.3 Å². The minimum absolute atomic E-state index is 0.0430. The van der Waals surface area contributed by atoms with Gasteiger partial charge >= 0.3 is 0 Å². The third kappa shape index (κ3) is 2.42. The lowest BCUT2D eigenvalue weighted by molar-refractivity contribution is -0.384. The van der Waals surface area contributed by atoms with E-state index >= 15 is 0 Å². The summed E-state index contributed by atoms with van der Waals surface area (Å²) in [7, 11) is 0. The summed E-state index contributed by atoms with van der Waals surface area (Å²) in [5, 5.41) is 14.8. The lowest BCUT2D eigenvalue weighted by atomic mass is 9.90. The molecule has 0 radical (unpaired) electrons. The Morgan fingerprint density at radius 3 is 2.42 bits per heavy atom. The SMILES string of the molecule is Cc1ccccc1N1OC2C(=O)NC(=O)C2C1c1ccc([N+](=O)[O-])cc1. The Balaban J connectivity index is 1.80. The van der Waals surface area contributed by atoms with Crippen molar-refractivity contribution >= 4 is 23.2 Å². The van der Waals surface area contributed by atoms with Gasteiger partial charge in [0.25, 0.3) is 11.6 Å². The lowest BCUT2D eigenvalue weighted by Crippen LogP contribution is -2.33. The molecule has 2 aromatic rings. The van der Waals surface area contributed by atoms with Crippen molar-refractivity contribution in [2.24, 2.45) is 5.92 Å². The molecule has 2 aromatic carbocycles. The Morgan fingerprint density at radius 1 is 1.08 bits per heavy atom. The number of imide groups is 1. The lowest BCUT2D eigenvalue weighted by Gasteiger charge is -2.28. The second-order valence-corrected chi connectivity index (χ2v) is 6.31. The fourth-order valence-electron chi connectivity index (χ4n) is 3.49. The molecule has 1 N–H and O–H groups in total. The molecule has 2 aliphatic rings. The van der Waals surface area contributed by atoms with Crippen LogP contribution in [0.4, 0.5) is 11.4 Å². The molecule has 0 aliphatic carbocycles. The highest BCUT2D eigenvalue weighted by Gasteiger charge is 2.56. The first kappa shape index (κ1) is 16.2. The summed E-state index contributed by atoms with van der Waals surface area (Å²) >= 11 is 0. The highest BCUT2D eigenvalue weighted by Crippen LogP contribution is 2.45. The molecule has 132 valence electrons. The maximum absolute atomic E-state index is 12.3. The summed E-state index contributed by atoms with van der Waals surface area (Å²) in [4.78, 5) is 40.7. The number of non-ortho nitro benzene ring substituents is 1. The van der Waals surface area contributed by atoms with Crippen molar-refractivity contribution in [3.05, 3.63) is 69.8 Å². The molecule has 8 nitrogen and oxygen atoms in total. The quantitative estimate of drug-likeness (QED) is 0.515. The Labute approximate surface area is 148 Å². The van der Waals surface area contributed by atoms with E-state index in [1.54, 1.807) is 17.2 Å². The molecule has 0 saturated carbocycles. The third-order valence-electron chi connectivity index (χ3n) is 4.75. The van der Waals surface area contributed by atoms with Gasteiger partial charge in [0.2, 0.25) is 5.91 Å². The van der Waals surface area contributed by atoms with Crippen LogP contribution < -0.4 is 10.4 Å². The van der Waals surface area contributed by atoms with E-state index in [1.165, 1.54) is 12.1 Å². The van der Waals surface area contributed by atoms with Gasteiger partial charge in [-0.1, -0.05) is 30.3 Å². The maximum atomic E-state index is 12.3. The first-order chi connectivity index (χ1) is 12.5. The number of aryl methyl sites for hydroxylation is 1. The monoisotopic (exact) mass is 353 g/mol. The second kappa shape index (κ2) is 5.92. The van der Waals surface area contributed by atoms with E-state index in [2.05, 4.69) is 5.32 Å². The molecular formula is C18H15N3O5. The summed E-state index contributed by atoms with van der Waals surface area (Å²) in [5.74, 6) is -1.59. The van der Waals surface area contributed by atoms with Crippen molar-refractivity contribution in [2.75, 3.05) is 5.06 Å². The van der Waals surface area contributed by atoms with Crippen LogP contribution in [0.2, 0.25) is 0 Å². The van der Waals surface area contributed by atoms with Crippen LogP contribution in [0.3, 0.4) is 0 Å². The molecule has 4 rings (SSSR count). The van der Waals surface area contributed by atoms with Gasteiger partial charge in [-0.2, -0.15) is 0 Å². The normalized spacial score (nSPS) is 24.5. The number of hydrogen-bond acceptors (Lipinski definition) is 6. The summed E-state index contributed by atoms with van der Waals surface area (Å²) in [6, 6.07) is 12.9. The van der Waals surface area contributed by atoms with Gasteiger partial charge in [-0.3, -0.25) is 29.9 Å². The highest BCUT2D eigenvalue weighted by atomic mass is 16.7. The zero-order valence-corrected chi connectivity index (χ0v) is 13.8. The van der Waals surface area contributed by atoms with Crippen LogP contribution in [0.15, 0.2) is 48.5 Å². The predicted octanol–water partition coefficient (Wildman–Crippen LogP) is 2.04. The number of fused-ring (bicyclic) bond motifs is 1. The van der Waals surface area contributed by atoms with Gasteiger partial charge < -0.3 is 0 Å². The molecule has 2 saturated heterocycles. The minimum atomic E-state index is -0.915. The van der Waals surface area contributed by atoms with Crippen molar-refractivity contribution in [3.8, 4) is 0 Å². The number of nitro groups is 1. The minimum Gasteiger partial charge on any atom is -0.294 e. The van der Waals surface area contributed by atoms with E-state index in [0.717, 1.165) is 11.3 Å². The number of anilines is 1. The van der Waals surface area contributed by atoms with Crippen molar-refractivity contribution in [1.82, 2.24) is 5.32 Å². The number of nitro benzene ring substituents is 1. The van der Waals surface area contributed by atoms with E-state index < -0.39 is 34.8 Å². The van der Waals surface area contributed by atoms with Crippen LogP contribution in [0.1, 0.15) is 17.2 Å². The smallest absolute Gasteiger partial charge is 0.269 e. The number of hydrogen-bond donors (Lipinski definition) is 1. The number of rotatable bonds is 3. The zero-order chi connectivity index (χ0) is 18.4. The van der Waals surface area contributed by atoms with Crippen LogP contribution in [-0.2, 0) is 14.4 Å². The van der Waals surface area contributed by atoms with E-state index in [9.17, 15) is 19.7 Å². The van der Waals surface area contributed by atoms with Crippen LogP contribution >= 0.6 is 0 Å². The fourth-order valence-corrected chi connectivity index (χ4v) is 3.49. The summed E-state index contributed by atoms with van der Waals surface area (Å²) in [5.41, 5.74) is 2.29. The number of hydroxylamine groups is 1. The molecule has 2 fully saturated rings. The van der Waals surface area contributed by atoms with E-state index in [0.29, 0.717) is 5.56 Å². The number of carbonyl (C=O) groups excluding carboxylic acids is 2.